The minimum absolute atomic E-state index is 0.172. The van der Waals surface area contributed by atoms with Crippen LogP contribution in [0.15, 0.2) is 17.6 Å². The number of rotatable bonds is 3. The first-order valence-electron chi connectivity index (χ1n) is 4.94. The van der Waals surface area contributed by atoms with Gasteiger partial charge in [0.1, 0.15) is 11.3 Å². The molecule has 3 rings (SSSR count). The fourth-order valence-electron chi connectivity index (χ4n) is 1.54. The van der Waals surface area contributed by atoms with Gasteiger partial charge in [-0.2, -0.15) is 0 Å². The van der Waals surface area contributed by atoms with E-state index in [9.17, 15) is 5.11 Å². The van der Waals surface area contributed by atoms with Crippen molar-refractivity contribution >= 4 is 16.5 Å². The lowest BCUT2D eigenvalue weighted by molar-refractivity contribution is 0.174. The van der Waals surface area contributed by atoms with Crippen molar-refractivity contribution in [1.29, 1.82) is 0 Å². The third-order valence-electron chi connectivity index (χ3n) is 2.36. The largest absolute Gasteiger partial charge is 0.507 e. The Bertz CT molecular complexity index is 530. The highest BCUT2D eigenvalue weighted by Gasteiger charge is 2.16. The standard InChI is InChI=1S/C10H9N3O3S/c14-7-2-9-8(15-5-16-9)1-6(7)3-11-10-13-12-4-17-10/h1-2,4,14H,3,5H2,(H,11,13). The van der Waals surface area contributed by atoms with Gasteiger partial charge < -0.3 is 19.9 Å². The van der Waals surface area contributed by atoms with Crippen molar-refractivity contribution in [3.05, 3.63) is 23.2 Å². The van der Waals surface area contributed by atoms with Gasteiger partial charge in [0.05, 0.1) is 0 Å². The molecular formula is C10H9N3O3S. The lowest BCUT2D eigenvalue weighted by Crippen LogP contribution is -1.99. The molecule has 88 valence electrons. The molecule has 1 aromatic heterocycles. The van der Waals surface area contributed by atoms with Gasteiger partial charge in [0.2, 0.25) is 11.9 Å². The van der Waals surface area contributed by atoms with Crippen molar-refractivity contribution in [3.8, 4) is 17.2 Å². The maximum absolute atomic E-state index is 9.80. The van der Waals surface area contributed by atoms with Crippen molar-refractivity contribution in [2.24, 2.45) is 0 Å². The molecule has 1 aliphatic rings. The summed E-state index contributed by atoms with van der Waals surface area (Å²) in [5.74, 6) is 1.39. The monoisotopic (exact) mass is 251 g/mol. The molecule has 6 nitrogen and oxygen atoms in total. The molecule has 0 saturated carbocycles. The molecule has 2 N–H and O–H groups in total. The van der Waals surface area contributed by atoms with E-state index < -0.39 is 0 Å². The third-order valence-corrected chi connectivity index (χ3v) is 3.01. The van der Waals surface area contributed by atoms with Gasteiger partial charge in [0.15, 0.2) is 11.5 Å². The van der Waals surface area contributed by atoms with Crippen LogP contribution in [0.3, 0.4) is 0 Å². The van der Waals surface area contributed by atoms with Crippen molar-refractivity contribution in [3.63, 3.8) is 0 Å². The second kappa shape index (κ2) is 4.10. The van der Waals surface area contributed by atoms with E-state index in [4.69, 9.17) is 9.47 Å². The Morgan fingerprint density at radius 2 is 2.18 bits per heavy atom. The molecule has 0 aliphatic carbocycles. The molecule has 17 heavy (non-hydrogen) atoms. The number of hydrogen-bond donors (Lipinski definition) is 2. The predicted molar refractivity (Wildman–Crippen MR) is 61.5 cm³/mol. The van der Waals surface area contributed by atoms with Crippen molar-refractivity contribution in [2.45, 2.75) is 6.54 Å². The maximum Gasteiger partial charge on any atom is 0.231 e. The van der Waals surface area contributed by atoms with E-state index in [1.165, 1.54) is 11.3 Å². The number of aromatic hydroxyl groups is 1. The van der Waals surface area contributed by atoms with Crippen LogP contribution < -0.4 is 14.8 Å². The number of hydrogen-bond acceptors (Lipinski definition) is 7. The lowest BCUT2D eigenvalue weighted by Gasteiger charge is -2.06. The Morgan fingerprint density at radius 3 is 2.94 bits per heavy atom. The number of aromatic nitrogens is 2. The molecule has 0 spiro atoms. The quantitative estimate of drug-likeness (QED) is 0.862. The summed E-state index contributed by atoms with van der Waals surface area (Å²) in [5, 5.41) is 21.1. The van der Waals surface area contributed by atoms with Crippen molar-refractivity contribution in [2.75, 3.05) is 12.1 Å². The van der Waals surface area contributed by atoms with Gasteiger partial charge in [0, 0.05) is 18.2 Å². The van der Waals surface area contributed by atoms with Crippen LogP contribution in [0.1, 0.15) is 5.56 Å². The Balaban J connectivity index is 1.79. The zero-order valence-corrected chi connectivity index (χ0v) is 9.53. The van der Waals surface area contributed by atoms with Crippen LogP contribution in [0, 0.1) is 0 Å². The van der Waals surface area contributed by atoms with Gasteiger partial charge in [-0.25, -0.2) is 0 Å². The van der Waals surface area contributed by atoms with Crippen molar-refractivity contribution in [1.82, 2.24) is 10.2 Å². The summed E-state index contributed by atoms with van der Waals surface area (Å²) >= 11 is 1.40. The van der Waals surface area contributed by atoms with Crippen LogP contribution in [0.4, 0.5) is 5.13 Å². The van der Waals surface area contributed by atoms with E-state index in [1.54, 1.807) is 17.6 Å². The van der Waals surface area contributed by atoms with E-state index in [0.717, 1.165) is 5.56 Å². The molecule has 0 radical (unpaired) electrons. The SMILES string of the molecule is Oc1cc2c(cc1CNc1nncs1)OCO2. The maximum atomic E-state index is 9.80. The van der Waals surface area contributed by atoms with E-state index in [0.29, 0.717) is 23.2 Å². The lowest BCUT2D eigenvalue weighted by atomic mass is 10.2. The number of benzene rings is 1. The number of fused-ring (bicyclic) bond motifs is 1. The van der Waals surface area contributed by atoms with Crippen LogP contribution in [-0.2, 0) is 6.54 Å². The number of nitrogens with zero attached hydrogens (tertiary/aromatic N) is 2. The number of ether oxygens (including phenoxy) is 2. The van der Waals surface area contributed by atoms with Gasteiger partial charge in [-0.1, -0.05) is 11.3 Å². The van der Waals surface area contributed by atoms with E-state index in [-0.39, 0.29) is 12.5 Å². The van der Waals surface area contributed by atoms with Crippen LogP contribution >= 0.6 is 11.3 Å². The molecule has 2 heterocycles. The molecule has 0 bridgehead atoms. The fourth-order valence-corrected chi connectivity index (χ4v) is 1.98. The molecule has 2 aromatic rings. The van der Waals surface area contributed by atoms with Crippen LogP contribution in [-0.4, -0.2) is 22.1 Å². The first kappa shape index (κ1) is 10.2. The van der Waals surface area contributed by atoms with E-state index in [1.807, 2.05) is 0 Å². The average Bonchev–Trinajstić information content (AvgIpc) is 2.95. The van der Waals surface area contributed by atoms with Gasteiger partial charge in [-0.15, -0.1) is 10.2 Å². The van der Waals surface area contributed by atoms with Crippen LogP contribution in [0.25, 0.3) is 0 Å². The third kappa shape index (κ3) is 1.96. The van der Waals surface area contributed by atoms with E-state index >= 15 is 0 Å². The number of phenolic OH excluding ortho intramolecular Hbond substituents is 1. The second-order valence-electron chi connectivity index (χ2n) is 3.43. The predicted octanol–water partition coefficient (Wildman–Crippen LogP) is 1.58. The molecule has 7 heteroatoms. The van der Waals surface area contributed by atoms with Gasteiger partial charge in [-0.05, 0) is 6.07 Å². The molecule has 0 unspecified atom stereocenters. The summed E-state index contributed by atoms with van der Waals surface area (Å²) < 4.78 is 10.4. The zero-order valence-electron chi connectivity index (χ0n) is 8.71. The van der Waals surface area contributed by atoms with Gasteiger partial charge in [-0.3, -0.25) is 0 Å². The molecule has 0 saturated heterocycles. The smallest absolute Gasteiger partial charge is 0.231 e. The zero-order chi connectivity index (χ0) is 11.7. The molecule has 0 amide bonds. The minimum Gasteiger partial charge on any atom is -0.507 e. The summed E-state index contributed by atoms with van der Waals surface area (Å²) in [7, 11) is 0. The highest BCUT2D eigenvalue weighted by molar-refractivity contribution is 7.13. The molecule has 0 atom stereocenters. The number of phenols is 1. The highest BCUT2D eigenvalue weighted by atomic mass is 32.1. The topological polar surface area (TPSA) is 76.5 Å². The summed E-state index contributed by atoms with van der Waals surface area (Å²) in [4.78, 5) is 0. The summed E-state index contributed by atoms with van der Waals surface area (Å²) in [5.41, 5.74) is 2.37. The minimum atomic E-state index is 0.172. The summed E-state index contributed by atoms with van der Waals surface area (Å²) in [6.45, 7) is 0.653. The van der Waals surface area contributed by atoms with Crippen LogP contribution in [0.2, 0.25) is 0 Å². The second-order valence-corrected chi connectivity index (χ2v) is 4.26. The average molecular weight is 251 g/mol. The van der Waals surface area contributed by atoms with Gasteiger partial charge in [0.25, 0.3) is 0 Å². The first-order chi connectivity index (χ1) is 8.33. The molecule has 0 fully saturated rings. The number of anilines is 1. The molecular weight excluding hydrogens is 242 g/mol. The Morgan fingerprint density at radius 1 is 1.35 bits per heavy atom. The van der Waals surface area contributed by atoms with Gasteiger partial charge >= 0.3 is 0 Å². The Hall–Kier alpha value is -2.02. The highest BCUT2D eigenvalue weighted by Crippen LogP contribution is 2.37. The molecule has 1 aromatic carbocycles. The molecule has 1 aliphatic heterocycles. The Labute approximate surface area is 101 Å². The Kier molecular flexibility index (Phi) is 2.45. The normalized spacial score (nSPS) is 12.7. The summed E-state index contributed by atoms with van der Waals surface area (Å²) in [6.07, 6.45) is 0. The van der Waals surface area contributed by atoms with Crippen molar-refractivity contribution < 1.29 is 14.6 Å². The number of nitrogens with one attached hydrogen (secondary N) is 1. The van der Waals surface area contributed by atoms with E-state index in [2.05, 4.69) is 15.5 Å². The first-order valence-corrected chi connectivity index (χ1v) is 5.82. The summed E-state index contributed by atoms with van der Waals surface area (Å²) in [6, 6.07) is 3.31. The fraction of sp³-hybridized carbons (Fsp3) is 0.200. The van der Waals surface area contributed by atoms with Crippen LogP contribution in [0.5, 0.6) is 17.2 Å².